The van der Waals surface area contributed by atoms with Crippen LogP contribution in [0, 0.1) is 6.92 Å². The lowest BCUT2D eigenvalue weighted by molar-refractivity contribution is -0.138. The van der Waals surface area contributed by atoms with E-state index in [2.05, 4.69) is 10.1 Å². The molecule has 0 fully saturated rings. The molecule has 0 bridgehead atoms. The molecule has 12 heteroatoms. The third-order valence-electron chi connectivity index (χ3n) is 5.26. The van der Waals surface area contributed by atoms with Crippen LogP contribution in [-0.4, -0.2) is 57.7 Å². The van der Waals surface area contributed by atoms with E-state index in [0.717, 1.165) is 24.3 Å². The molecule has 0 unspecified atom stereocenters. The molecule has 0 radical (unpaired) electrons. The standard InChI is InChI=1S/C23H23F6N5O/c1-15-19(13-31-34(15)20-8-7-18(12-30-20)23(27,28)29)21(35)33(10-9-32(2)3)14-16-5-4-6-17(11-16)22(24,25)26/h4-8,11-13H,9-10,14H2,1-3H3. The van der Waals surface area contributed by atoms with Crippen LogP contribution in [0.25, 0.3) is 5.82 Å². The molecule has 0 atom stereocenters. The molecule has 0 N–H and O–H groups in total. The Kier molecular flexibility index (Phi) is 7.53. The normalized spacial score (nSPS) is 12.3. The van der Waals surface area contributed by atoms with Gasteiger partial charge in [-0.2, -0.15) is 31.4 Å². The fraction of sp³-hybridized carbons (Fsp3) is 0.348. The fourth-order valence-corrected chi connectivity index (χ4v) is 3.34. The third-order valence-corrected chi connectivity index (χ3v) is 5.26. The molecule has 2 heterocycles. The largest absolute Gasteiger partial charge is 0.417 e. The van der Waals surface area contributed by atoms with Gasteiger partial charge in [-0.1, -0.05) is 12.1 Å². The van der Waals surface area contributed by atoms with Crippen LogP contribution in [-0.2, 0) is 18.9 Å². The maximum absolute atomic E-state index is 13.4. The van der Waals surface area contributed by atoms with Crippen molar-refractivity contribution >= 4 is 5.91 Å². The molecular weight excluding hydrogens is 476 g/mol. The summed E-state index contributed by atoms with van der Waals surface area (Å²) in [4.78, 5) is 20.4. The van der Waals surface area contributed by atoms with Gasteiger partial charge < -0.3 is 9.80 Å². The Morgan fingerprint density at radius 1 is 0.943 bits per heavy atom. The Hall–Kier alpha value is -3.41. The van der Waals surface area contributed by atoms with Crippen molar-refractivity contribution < 1.29 is 31.1 Å². The number of pyridine rings is 1. The van der Waals surface area contributed by atoms with Gasteiger partial charge in [0.1, 0.15) is 0 Å². The first kappa shape index (κ1) is 26.2. The summed E-state index contributed by atoms with van der Waals surface area (Å²) in [7, 11) is 3.60. The lowest BCUT2D eigenvalue weighted by Crippen LogP contribution is -2.36. The van der Waals surface area contributed by atoms with Gasteiger partial charge in [0.25, 0.3) is 5.91 Å². The zero-order chi connectivity index (χ0) is 26.0. The third kappa shape index (κ3) is 6.38. The van der Waals surface area contributed by atoms with Crippen molar-refractivity contribution in [2.24, 2.45) is 0 Å². The number of carbonyl (C=O) groups excluding carboxylic acids is 1. The van der Waals surface area contributed by atoms with E-state index in [1.54, 1.807) is 21.0 Å². The first-order valence-electron chi connectivity index (χ1n) is 10.5. The number of rotatable bonds is 7. The average Bonchev–Trinajstić information content (AvgIpc) is 3.16. The second-order valence-corrected chi connectivity index (χ2v) is 8.19. The van der Waals surface area contributed by atoms with Crippen LogP contribution in [0.1, 0.15) is 32.7 Å². The maximum atomic E-state index is 13.4. The molecule has 2 aromatic heterocycles. The van der Waals surface area contributed by atoms with E-state index in [0.29, 0.717) is 24.0 Å². The number of benzene rings is 1. The first-order chi connectivity index (χ1) is 16.3. The Morgan fingerprint density at radius 3 is 2.20 bits per heavy atom. The Labute approximate surface area is 197 Å². The van der Waals surface area contributed by atoms with Crippen molar-refractivity contribution in [2.75, 3.05) is 27.2 Å². The van der Waals surface area contributed by atoms with Gasteiger partial charge in [-0.05, 0) is 50.8 Å². The van der Waals surface area contributed by atoms with Crippen molar-refractivity contribution in [2.45, 2.75) is 25.8 Å². The van der Waals surface area contributed by atoms with Crippen LogP contribution in [0.4, 0.5) is 26.3 Å². The second kappa shape index (κ2) is 10.1. The highest BCUT2D eigenvalue weighted by Crippen LogP contribution is 2.30. The molecule has 0 aliphatic rings. The Balaban J connectivity index is 1.89. The topological polar surface area (TPSA) is 54.3 Å². The smallest absolute Gasteiger partial charge is 0.333 e. The predicted octanol–water partition coefficient (Wildman–Crippen LogP) is 4.82. The molecule has 1 amide bonds. The number of alkyl halides is 6. The van der Waals surface area contributed by atoms with Gasteiger partial charge >= 0.3 is 12.4 Å². The Morgan fingerprint density at radius 2 is 1.63 bits per heavy atom. The molecule has 35 heavy (non-hydrogen) atoms. The van der Waals surface area contributed by atoms with Gasteiger partial charge in [-0.15, -0.1) is 0 Å². The van der Waals surface area contributed by atoms with Crippen molar-refractivity contribution in [3.8, 4) is 5.82 Å². The number of hydrogen-bond acceptors (Lipinski definition) is 4. The van der Waals surface area contributed by atoms with Gasteiger partial charge in [-0.3, -0.25) is 4.79 Å². The minimum atomic E-state index is -4.54. The van der Waals surface area contributed by atoms with E-state index in [1.165, 1.54) is 27.9 Å². The minimum Gasteiger partial charge on any atom is -0.333 e. The summed E-state index contributed by atoms with van der Waals surface area (Å²) in [6, 6.07) is 6.75. The van der Waals surface area contributed by atoms with Gasteiger partial charge in [0, 0.05) is 25.8 Å². The molecule has 3 rings (SSSR count). The van der Waals surface area contributed by atoms with E-state index in [4.69, 9.17) is 0 Å². The minimum absolute atomic E-state index is 0.0697. The molecule has 0 saturated heterocycles. The number of amides is 1. The van der Waals surface area contributed by atoms with E-state index >= 15 is 0 Å². The number of aromatic nitrogens is 3. The van der Waals surface area contributed by atoms with E-state index < -0.39 is 29.4 Å². The van der Waals surface area contributed by atoms with Crippen LogP contribution < -0.4 is 0 Å². The summed E-state index contributed by atoms with van der Waals surface area (Å²) in [5.41, 5.74) is -0.925. The maximum Gasteiger partial charge on any atom is 0.417 e. The van der Waals surface area contributed by atoms with Crippen LogP contribution in [0.15, 0.2) is 48.8 Å². The second-order valence-electron chi connectivity index (χ2n) is 8.19. The van der Waals surface area contributed by atoms with Crippen LogP contribution in [0.2, 0.25) is 0 Å². The molecule has 6 nitrogen and oxygen atoms in total. The van der Waals surface area contributed by atoms with Gasteiger partial charge in [0.15, 0.2) is 5.82 Å². The van der Waals surface area contributed by atoms with Gasteiger partial charge in [0.2, 0.25) is 0 Å². The highest BCUT2D eigenvalue weighted by atomic mass is 19.4. The lowest BCUT2D eigenvalue weighted by atomic mass is 10.1. The summed E-state index contributed by atoms with van der Waals surface area (Å²) in [6.45, 7) is 2.18. The average molecular weight is 499 g/mol. The molecule has 1 aromatic carbocycles. The highest BCUT2D eigenvalue weighted by molar-refractivity contribution is 5.95. The van der Waals surface area contributed by atoms with Crippen molar-refractivity contribution in [3.63, 3.8) is 0 Å². The monoisotopic (exact) mass is 499 g/mol. The first-order valence-corrected chi connectivity index (χ1v) is 10.5. The summed E-state index contributed by atoms with van der Waals surface area (Å²) in [6.07, 6.45) is -7.11. The van der Waals surface area contributed by atoms with Crippen molar-refractivity contribution in [1.82, 2.24) is 24.6 Å². The molecule has 0 spiro atoms. The van der Waals surface area contributed by atoms with Crippen LogP contribution >= 0.6 is 0 Å². The molecule has 188 valence electrons. The molecule has 0 saturated carbocycles. The summed E-state index contributed by atoms with van der Waals surface area (Å²) in [5.74, 6) is -0.382. The van der Waals surface area contributed by atoms with E-state index in [9.17, 15) is 31.1 Å². The summed E-state index contributed by atoms with van der Waals surface area (Å²) >= 11 is 0. The quantitative estimate of drug-likeness (QED) is 0.438. The van der Waals surface area contributed by atoms with Gasteiger partial charge in [-0.25, -0.2) is 9.67 Å². The molecule has 3 aromatic rings. The molecule has 0 aliphatic carbocycles. The van der Waals surface area contributed by atoms with E-state index in [1.807, 2.05) is 4.90 Å². The number of nitrogens with zero attached hydrogens (tertiary/aromatic N) is 5. The predicted molar refractivity (Wildman–Crippen MR) is 116 cm³/mol. The zero-order valence-corrected chi connectivity index (χ0v) is 19.2. The highest BCUT2D eigenvalue weighted by Gasteiger charge is 2.32. The van der Waals surface area contributed by atoms with Gasteiger partial charge in [0.05, 0.1) is 28.6 Å². The summed E-state index contributed by atoms with van der Waals surface area (Å²) < 4.78 is 79.1. The van der Waals surface area contributed by atoms with Crippen molar-refractivity contribution in [1.29, 1.82) is 0 Å². The van der Waals surface area contributed by atoms with Crippen molar-refractivity contribution in [3.05, 3.63) is 76.7 Å². The fourth-order valence-electron chi connectivity index (χ4n) is 3.34. The summed E-state index contributed by atoms with van der Waals surface area (Å²) in [5, 5.41) is 4.10. The number of likely N-dealkylation sites (N-methyl/N-ethyl adjacent to an activating group) is 1. The number of halogens is 6. The lowest BCUT2D eigenvalue weighted by Gasteiger charge is -2.25. The SMILES string of the molecule is Cc1c(C(=O)N(CCN(C)C)Cc2cccc(C(F)(F)F)c2)cnn1-c1ccc(C(F)(F)F)cn1. The number of hydrogen-bond donors (Lipinski definition) is 0. The van der Waals surface area contributed by atoms with E-state index in [-0.39, 0.29) is 24.5 Å². The van der Waals surface area contributed by atoms with Crippen LogP contribution in [0.3, 0.4) is 0 Å². The Bertz CT molecular complexity index is 1170. The number of carbonyl (C=O) groups is 1. The molecule has 0 aliphatic heterocycles. The molecular formula is C23H23F6N5O. The zero-order valence-electron chi connectivity index (χ0n) is 19.2. The van der Waals surface area contributed by atoms with Crippen LogP contribution in [0.5, 0.6) is 0 Å².